The minimum Gasteiger partial charge on any atom is -0.497 e. The van der Waals surface area contributed by atoms with E-state index in [-0.39, 0.29) is 18.2 Å². The number of anilines is 3. The van der Waals surface area contributed by atoms with Crippen LogP contribution in [0.2, 0.25) is 0 Å². The summed E-state index contributed by atoms with van der Waals surface area (Å²) < 4.78 is 5.27. The normalized spacial score (nSPS) is 15.7. The molecule has 0 radical (unpaired) electrons. The highest BCUT2D eigenvalue weighted by Crippen LogP contribution is 2.37. The zero-order valence-corrected chi connectivity index (χ0v) is 20.8. The second-order valence-electron chi connectivity index (χ2n) is 9.23. The number of piperazine rings is 1. The van der Waals surface area contributed by atoms with Crippen molar-refractivity contribution in [2.45, 2.75) is 19.9 Å². The van der Waals surface area contributed by atoms with Crippen LogP contribution < -0.4 is 19.9 Å². The number of benzene rings is 2. The largest absolute Gasteiger partial charge is 0.497 e. The van der Waals surface area contributed by atoms with Gasteiger partial charge in [-0.25, -0.2) is 4.98 Å². The summed E-state index contributed by atoms with van der Waals surface area (Å²) in [6, 6.07) is 15.3. The van der Waals surface area contributed by atoms with Crippen molar-refractivity contribution in [3.63, 3.8) is 0 Å². The van der Waals surface area contributed by atoms with Crippen LogP contribution in [0.1, 0.15) is 18.1 Å². The lowest BCUT2D eigenvalue weighted by Gasteiger charge is -2.33. The predicted octanol–water partition coefficient (Wildman–Crippen LogP) is 2.95. The molecule has 0 aliphatic carbocycles. The second kappa shape index (κ2) is 9.94. The molecule has 9 nitrogen and oxygen atoms in total. The fraction of sp³-hybridized carbons (Fsp3) is 0.333. The molecular formula is C27H30N6O3. The van der Waals surface area contributed by atoms with Crippen molar-refractivity contribution in [3.05, 3.63) is 59.7 Å². The highest BCUT2D eigenvalue weighted by molar-refractivity contribution is 6.02. The lowest BCUT2D eigenvalue weighted by molar-refractivity contribution is -0.117. The Hall–Kier alpha value is -3.98. The number of carbonyl (C=O) groups excluding carboxylic acids is 2. The van der Waals surface area contributed by atoms with Gasteiger partial charge in [-0.15, -0.1) is 0 Å². The van der Waals surface area contributed by atoms with Crippen LogP contribution in [-0.4, -0.2) is 67.0 Å². The molecule has 1 N–H and O–H groups in total. The third kappa shape index (κ3) is 4.87. The van der Waals surface area contributed by atoms with Crippen LogP contribution in [0.15, 0.2) is 48.5 Å². The highest BCUT2D eigenvalue weighted by Gasteiger charge is 2.34. The summed E-state index contributed by atoms with van der Waals surface area (Å²) in [5.41, 5.74) is 4.06. The Kier molecular flexibility index (Phi) is 6.56. The zero-order valence-electron chi connectivity index (χ0n) is 20.8. The molecule has 36 heavy (non-hydrogen) atoms. The molecule has 2 aliphatic rings. The summed E-state index contributed by atoms with van der Waals surface area (Å²) in [7, 11) is 3.74. The fourth-order valence-electron chi connectivity index (χ4n) is 4.62. The van der Waals surface area contributed by atoms with E-state index >= 15 is 0 Å². The van der Waals surface area contributed by atoms with E-state index in [0.29, 0.717) is 24.0 Å². The molecule has 9 heteroatoms. The highest BCUT2D eigenvalue weighted by atomic mass is 16.5. The van der Waals surface area contributed by atoms with Gasteiger partial charge in [-0.05, 0) is 36.9 Å². The lowest BCUT2D eigenvalue weighted by Crippen LogP contribution is -2.45. The van der Waals surface area contributed by atoms with Crippen LogP contribution >= 0.6 is 0 Å². The number of fused-ring (bicyclic) bond motifs is 1. The molecule has 1 fully saturated rings. The summed E-state index contributed by atoms with van der Waals surface area (Å²) in [4.78, 5) is 41.0. The van der Waals surface area contributed by atoms with Gasteiger partial charge in [0.05, 0.1) is 25.8 Å². The molecule has 2 amide bonds. The van der Waals surface area contributed by atoms with Crippen LogP contribution in [0.25, 0.3) is 11.3 Å². The first-order valence-corrected chi connectivity index (χ1v) is 12.1. The molecule has 2 aliphatic heterocycles. The Labute approximate surface area is 210 Å². The maximum absolute atomic E-state index is 13.2. The zero-order chi connectivity index (χ0) is 25.2. The molecule has 186 valence electrons. The quantitative estimate of drug-likeness (QED) is 0.573. The molecule has 2 aromatic carbocycles. The molecule has 0 spiro atoms. The van der Waals surface area contributed by atoms with Gasteiger partial charge in [0.15, 0.2) is 0 Å². The van der Waals surface area contributed by atoms with Crippen LogP contribution in [0, 0.1) is 0 Å². The number of hydrogen-bond acceptors (Lipinski definition) is 7. The van der Waals surface area contributed by atoms with Crippen LogP contribution in [0.3, 0.4) is 0 Å². The second-order valence-corrected chi connectivity index (χ2v) is 9.23. The first-order valence-electron chi connectivity index (χ1n) is 12.1. The van der Waals surface area contributed by atoms with E-state index in [1.165, 1.54) is 6.92 Å². The van der Waals surface area contributed by atoms with E-state index in [9.17, 15) is 9.59 Å². The van der Waals surface area contributed by atoms with E-state index in [2.05, 4.69) is 22.2 Å². The predicted molar refractivity (Wildman–Crippen MR) is 139 cm³/mol. The Morgan fingerprint density at radius 2 is 1.81 bits per heavy atom. The van der Waals surface area contributed by atoms with E-state index in [1.54, 1.807) is 12.0 Å². The number of aromatic nitrogens is 2. The Bertz CT molecular complexity index is 1290. The number of hydrogen-bond donors (Lipinski definition) is 1. The number of ether oxygens (including phenoxy) is 1. The molecule has 1 aromatic heterocycles. The maximum atomic E-state index is 13.2. The van der Waals surface area contributed by atoms with Crippen LogP contribution in [0.4, 0.5) is 17.5 Å². The molecular weight excluding hydrogens is 456 g/mol. The minimum atomic E-state index is -0.140. The number of likely N-dealkylation sites (N-methyl/N-ethyl adjacent to an activating group) is 1. The average molecular weight is 487 g/mol. The number of carbonyl (C=O) groups is 2. The minimum absolute atomic E-state index is 0.00934. The van der Waals surface area contributed by atoms with Gasteiger partial charge < -0.3 is 19.9 Å². The van der Waals surface area contributed by atoms with Gasteiger partial charge in [0.1, 0.15) is 11.6 Å². The van der Waals surface area contributed by atoms with E-state index in [4.69, 9.17) is 14.7 Å². The number of nitrogens with one attached hydrogen (secondary N) is 1. The van der Waals surface area contributed by atoms with Gasteiger partial charge in [-0.1, -0.05) is 24.3 Å². The van der Waals surface area contributed by atoms with Crippen molar-refractivity contribution in [1.82, 2.24) is 14.9 Å². The fourth-order valence-corrected chi connectivity index (χ4v) is 4.62. The monoisotopic (exact) mass is 486 g/mol. The summed E-state index contributed by atoms with van der Waals surface area (Å²) in [6.45, 7) is 5.36. The smallest absolute Gasteiger partial charge is 0.233 e. The van der Waals surface area contributed by atoms with E-state index in [1.807, 2.05) is 48.5 Å². The lowest BCUT2D eigenvalue weighted by atomic mass is 10.0. The molecule has 0 unspecified atom stereocenters. The molecule has 3 heterocycles. The Morgan fingerprint density at radius 1 is 1.06 bits per heavy atom. The summed E-state index contributed by atoms with van der Waals surface area (Å²) in [5, 5.41) is 2.84. The third-order valence-electron chi connectivity index (χ3n) is 6.60. The Balaban J connectivity index is 1.57. The molecule has 3 aromatic rings. The first-order chi connectivity index (χ1) is 17.4. The van der Waals surface area contributed by atoms with Gasteiger partial charge in [0.25, 0.3) is 0 Å². The van der Waals surface area contributed by atoms with Gasteiger partial charge in [0, 0.05) is 49.9 Å². The van der Waals surface area contributed by atoms with Crippen molar-refractivity contribution in [3.8, 4) is 17.0 Å². The Morgan fingerprint density at radius 3 is 2.50 bits per heavy atom. The van der Waals surface area contributed by atoms with Crippen molar-refractivity contribution < 1.29 is 14.3 Å². The molecule has 0 atom stereocenters. The average Bonchev–Trinajstić information content (AvgIpc) is 3.19. The molecule has 0 bridgehead atoms. The molecule has 1 saturated heterocycles. The first kappa shape index (κ1) is 23.7. The summed E-state index contributed by atoms with van der Waals surface area (Å²) >= 11 is 0. The van der Waals surface area contributed by atoms with E-state index < -0.39 is 0 Å². The number of rotatable bonds is 6. The van der Waals surface area contributed by atoms with Gasteiger partial charge >= 0.3 is 0 Å². The summed E-state index contributed by atoms with van der Waals surface area (Å²) in [5.74, 6) is 1.90. The van der Waals surface area contributed by atoms with E-state index in [0.717, 1.165) is 54.3 Å². The number of methoxy groups -OCH3 is 1. The van der Waals surface area contributed by atoms with Crippen molar-refractivity contribution >= 4 is 29.3 Å². The molecule has 0 saturated carbocycles. The van der Waals surface area contributed by atoms with Crippen LogP contribution in [-0.2, 0) is 22.6 Å². The summed E-state index contributed by atoms with van der Waals surface area (Å²) in [6.07, 6.45) is 0.230. The van der Waals surface area contributed by atoms with Crippen LogP contribution in [0.5, 0.6) is 5.75 Å². The number of nitrogens with zero attached hydrogens (tertiary/aromatic N) is 5. The third-order valence-corrected chi connectivity index (χ3v) is 6.60. The van der Waals surface area contributed by atoms with Crippen molar-refractivity contribution in [2.24, 2.45) is 0 Å². The van der Waals surface area contributed by atoms with Crippen molar-refractivity contribution in [1.29, 1.82) is 0 Å². The number of amides is 2. The van der Waals surface area contributed by atoms with Crippen molar-refractivity contribution in [2.75, 3.05) is 55.5 Å². The van der Waals surface area contributed by atoms with Gasteiger partial charge in [-0.2, -0.15) is 4.98 Å². The topological polar surface area (TPSA) is 90.9 Å². The molecule has 5 rings (SSSR count). The van der Waals surface area contributed by atoms with Gasteiger partial charge in [0.2, 0.25) is 17.8 Å². The standard InChI is InChI=1S/C27H30N6O3/c1-18(34)28-21-6-4-5-20(15-21)25-23-16-24(35)33(17-19-7-9-22(36-3)10-8-19)26(23)30-27(29-25)32-13-11-31(2)12-14-32/h4-10,15H,11-14,16-17H2,1-3H3,(H,28,34). The maximum Gasteiger partial charge on any atom is 0.233 e. The van der Waals surface area contributed by atoms with Gasteiger partial charge in [-0.3, -0.25) is 14.5 Å². The SMILES string of the molecule is COc1ccc(CN2C(=O)Cc3c(-c4cccc(NC(C)=O)c4)nc(N4CCN(C)CC4)nc32)cc1.